The van der Waals surface area contributed by atoms with Gasteiger partial charge in [0.05, 0.1) is 16.8 Å². The summed E-state index contributed by atoms with van der Waals surface area (Å²) in [6, 6.07) is 18.0. The zero-order valence-electron chi connectivity index (χ0n) is 22.0. The summed E-state index contributed by atoms with van der Waals surface area (Å²) in [6.45, 7) is 4.32. The van der Waals surface area contributed by atoms with Crippen molar-refractivity contribution in [3.8, 4) is 5.69 Å². The highest BCUT2D eigenvalue weighted by Crippen LogP contribution is 2.46. The lowest BCUT2D eigenvalue weighted by Crippen LogP contribution is -2.24. The summed E-state index contributed by atoms with van der Waals surface area (Å²) in [4.78, 5) is 36.5. The summed E-state index contributed by atoms with van der Waals surface area (Å²) in [5, 5.41) is 1.33. The Labute approximate surface area is 231 Å². The predicted octanol–water partition coefficient (Wildman–Crippen LogP) is 6.69. The van der Waals surface area contributed by atoms with Crippen LogP contribution in [0.15, 0.2) is 76.3 Å². The molecule has 6 rings (SSSR count). The average Bonchev–Trinajstić information content (AvgIpc) is 3.23. The molecule has 0 N–H and O–H groups in total. The monoisotopic (exact) mass is 541 g/mol. The molecule has 3 heterocycles. The molecule has 2 aromatic heterocycles. The van der Waals surface area contributed by atoms with Crippen molar-refractivity contribution in [2.45, 2.75) is 56.5 Å². The molecule has 0 atom stereocenters. The zero-order valence-corrected chi connectivity index (χ0v) is 23.6. The molecule has 0 bridgehead atoms. The van der Waals surface area contributed by atoms with E-state index in [0.29, 0.717) is 5.16 Å². The van der Waals surface area contributed by atoms with E-state index >= 15 is 0 Å². The van der Waals surface area contributed by atoms with Crippen molar-refractivity contribution in [3.05, 3.63) is 92.7 Å². The number of aryl methyl sites for hydroxylation is 2. The summed E-state index contributed by atoms with van der Waals surface area (Å²) in [5.41, 5.74) is 5.01. The summed E-state index contributed by atoms with van der Waals surface area (Å²) < 4.78 is 1.70. The van der Waals surface area contributed by atoms with Crippen molar-refractivity contribution in [2.24, 2.45) is 0 Å². The Kier molecular flexibility index (Phi) is 6.52. The number of rotatable bonds is 5. The van der Waals surface area contributed by atoms with E-state index in [2.05, 4.69) is 30.9 Å². The van der Waals surface area contributed by atoms with Gasteiger partial charge in [-0.25, -0.2) is 4.98 Å². The van der Waals surface area contributed by atoms with Crippen LogP contribution in [0.1, 0.15) is 49.1 Å². The van der Waals surface area contributed by atoms with Gasteiger partial charge in [0.15, 0.2) is 10.9 Å². The third kappa shape index (κ3) is 4.22. The minimum absolute atomic E-state index is 0.00801. The van der Waals surface area contributed by atoms with Crippen LogP contribution in [0.3, 0.4) is 0 Å². The fourth-order valence-electron chi connectivity index (χ4n) is 5.85. The van der Waals surface area contributed by atoms with Crippen molar-refractivity contribution < 1.29 is 4.79 Å². The molecule has 0 fully saturated rings. The van der Waals surface area contributed by atoms with Crippen LogP contribution in [-0.4, -0.2) is 28.1 Å². The van der Waals surface area contributed by atoms with E-state index in [1.165, 1.54) is 34.2 Å². The second kappa shape index (κ2) is 9.86. The first-order chi connectivity index (χ1) is 18.4. The van der Waals surface area contributed by atoms with E-state index in [-0.39, 0.29) is 22.5 Å². The number of likely N-dealkylation sites (N-methyl/N-ethyl adjacent to an activating group) is 1. The number of aromatic nitrogens is 2. The van der Waals surface area contributed by atoms with Gasteiger partial charge in [-0.3, -0.25) is 14.2 Å². The molecule has 194 valence electrons. The standard InChI is InChI=1S/C31H31N3O2S2/c1-31(2)23-15-10-11-16-24(23)33(3)26(31)18-21(35)19-37-30-32-28-27(22-14-8-5-9-17-25(22)38-28)29(36)34(30)20-12-6-4-7-13-20/h4,6-7,10-13,15-16,18H,5,8-9,14,17,19H2,1-3H3. The summed E-state index contributed by atoms with van der Waals surface area (Å²) in [7, 11) is 2.02. The van der Waals surface area contributed by atoms with Gasteiger partial charge in [-0.15, -0.1) is 11.3 Å². The number of hydrogen-bond acceptors (Lipinski definition) is 6. The van der Waals surface area contributed by atoms with Gasteiger partial charge in [-0.05, 0) is 55.0 Å². The molecule has 1 aliphatic carbocycles. The first kappa shape index (κ1) is 25.1. The second-order valence-corrected chi connectivity index (χ2v) is 12.6. The number of carbonyl (C=O) groups excluding carboxylic acids is 1. The lowest BCUT2D eigenvalue weighted by atomic mass is 9.83. The van der Waals surface area contributed by atoms with Crippen LogP contribution in [-0.2, 0) is 23.1 Å². The van der Waals surface area contributed by atoms with Crippen LogP contribution in [0.5, 0.6) is 0 Å². The molecule has 0 saturated carbocycles. The molecule has 7 heteroatoms. The van der Waals surface area contributed by atoms with Crippen LogP contribution >= 0.6 is 23.1 Å². The van der Waals surface area contributed by atoms with Gasteiger partial charge in [0.1, 0.15) is 4.83 Å². The fourth-order valence-corrected chi connectivity index (χ4v) is 7.99. The van der Waals surface area contributed by atoms with Crippen molar-refractivity contribution in [2.75, 3.05) is 17.7 Å². The number of benzene rings is 2. The Hall–Kier alpha value is -3.16. The molecule has 5 nitrogen and oxygen atoms in total. The Morgan fingerprint density at radius 2 is 1.79 bits per heavy atom. The quantitative estimate of drug-likeness (QED) is 0.122. The molecule has 1 aliphatic heterocycles. The van der Waals surface area contributed by atoms with Gasteiger partial charge >= 0.3 is 0 Å². The molecular formula is C31H31N3O2S2. The van der Waals surface area contributed by atoms with Crippen LogP contribution in [0.25, 0.3) is 15.9 Å². The van der Waals surface area contributed by atoms with Crippen molar-refractivity contribution in [1.29, 1.82) is 0 Å². The number of allylic oxidation sites excluding steroid dienone is 2. The van der Waals surface area contributed by atoms with E-state index in [0.717, 1.165) is 53.0 Å². The van der Waals surface area contributed by atoms with Gasteiger partial charge in [-0.1, -0.05) is 68.4 Å². The minimum atomic E-state index is -0.260. The Balaban J connectivity index is 1.36. The van der Waals surface area contributed by atoms with Crippen LogP contribution in [0, 0.1) is 0 Å². The molecule has 2 aromatic carbocycles. The second-order valence-electron chi connectivity index (χ2n) is 10.6. The summed E-state index contributed by atoms with van der Waals surface area (Å²) in [5.74, 6) is 0.216. The first-order valence-corrected chi connectivity index (χ1v) is 15.0. The highest BCUT2D eigenvalue weighted by Gasteiger charge is 2.38. The number of hydrogen-bond donors (Lipinski definition) is 0. The topological polar surface area (TPSA) is 55.2 Å². The van der Waals surface area contributed by atoms with E-state index in [1.54, 1.807) is 22.0 Å². The van der Waals surface area contributed by atoms with Gasteiger partial charge < -0.3 is 4.90 Å². The summed E-state index contributed by atoms with van der Waals surface area (Å²) in [6.07, 6.45) is 7.19. The van der Waals surface area contributed by atoms with E-state index < -0.39 is 0 Å². The summed E-state index contributed by atoms with van der Waals surface area (Å²) >= 11 is 3.00. The molecule has 4 aromatic rings. The molecule has 2 aliphatic rings. The predicted molar refractivity (Wildman–Crippen MR) is 158 cm³/mol. The lowest BCUT2D eigenvalue weighted by Gasteiger charge is -2.24. The largest absolute Gasteiger partial charge is 0.347 e. The lowest BCUT2D eigenvalue weighted by molar-refractivity contribution is -0.112. The Morgan fingerprint density at radius 3 is 2.58 bits per heavy atom. The van der Waals surface area contributed by atoms with Gasteiger partial charge in [0.2, 0.25) is 0 Å². The number of carbonyl (C=O) groups is 1. The third-order valence-electron chi connectivity index (χ3n) is 7.80. The van der Waals surface area contributed by atoms with E-state index in [1.807, 2.05) is 49.5 Å². The number of anilines is 1. The average molecular weight is 542 g/mol. The smallest absolute Gasteiger partial charge is 0.267 e. The number of nitrogens with zero attached hydrogens (tertiary/aromatic N) is 3. The maximum atomic E-state index is 14.0. The molecule has 0 radical (unpaired) electrons. The van der Waals surface area contributed by atoms with Gasteiger partial charge in [0, 0.05) is 34.8 Å². The maximum Gasteiger partial charge on any atom is 0.267 e. The normalized spacial score (nSPS) is 17.4. The molecule has 0 unspecified atom stereocenters. The number of para-hydroxylation sites is 2. The van der Waals surface area contributed by atoms with Crippen molar-refractivity contribution >= 4 is 44.8 Å². The zero-order chi connectivity index (χ0) is 26.4. The van der Waals surface area contributed by atoms with Crippen LogP contribution in [0.2, 0.25) is 0 Å². The molecule has 38 heavy (non-hydrogen) atoms. The highest BCUT2D eigenvalue weighted by molar-refractivity contribution is 7.99. The molecule has 0 amide bonds. The minimum Gasteiger partial charge on any atom is -0.347 e. The Morgan fingerprint density at radius 1 is 1.05 bits per heavy atom. The third-order valence-corrected chi connectivity index (χ3v) is 9.95. The number of thiophene rings is 1. The van der Waals surface area contributed by atoms with Crippen LogP contribution < -0.4 is 10.5 Å². The molecule has 0 saturated heterocycles. The maximum absolute atomic E-state index is 14.0. The first-order valence-electron chi connectivity index (χ1n) is 13.2. The van der Waals surface area contributed by atoms with Crippen molar-refractivity contribution in [1.82, 2.24) is 9.55 Å². The van der Waals surface area contributed by atoms with Crippen molar-refractivity contribution in [3.63, 3.8) is 0 Å². The number of ketones is 1. The SMILES string of the molecule is CN1C(=CC(=O)CSc2nc3sc4c(c3c(=O)n2-c2ccccc2)CCCCC4)C(C)(C)c2ccccc21. The Bertz CT molecular complexity index is 1630. The molecule has 0 spiro atoms. The van der Waals surface area contributed by atoms with E-state index in [4.69, 9.17) is 4.98 Å². The van der Waals surface area contributed by atoms with Crippen LogP contribution in [0.4, 0.5) is 5.69 Å². The number of fused-ring (bicyclic) bond motifs is 4. The van der Waals surface area contributed by atoms with Gasteiger partial charge in [-0.2, -0.15) is 0 Å². The number of thioether (sulfide) groups is 1. The van der Waals surface area contributed by atoms with E-state index in [9.17, 15) is 9.59 Å². The van der Waals surface area contributed by atoms with Gasteiger partial charge in [0.25, 0.3) is 5.56 Å². The highest BCUT2D eigenvalue weighted by atomic mass is 32.2. The molecular weight excluding hydrogens is 510 g/mol. The fraction of sp³-hybridized carbons (Fsp3) is 0.323.